The van der Waals surface area contributed by atoms with E-state index in [1.54, 1.807) is 6.26 Å². The van der Waals surface area contributed by atoms with Crippen LogP contribution >= 0.6 is 11.8 Å². The molecule has 0 radical (unpaired) electrons. The third-order valence-electron chi connectivity index (χ3n) is 3.13. The van der Waals surface area contributed by atoms with Crippen molar-refractivity contribution < 1.29 is 4.42 Å². The molecule has 1 atom stereocenters. The second-order valence-electron chi connectivity index (χ2n) is 4.88. The van der Waals surface area contributed by atoms with Crippen molar-refractivity contribution in [2.45, 2.75) is 37.5 Å². The summed E-state index contributed by atoms with van der Waals surface area (Å²) in [4.78, 5) is 1.34. The standard InChI is InChI=1S/C16H21NOS/c1-12-6-7-16(9-13(12)2)19-14(3)10-17-11-15-5-4-8-18-15/h4-9,14,17H,10-11H2,1-3H3. The highest BCUT2D eigenvalue weighted by atomic mass is 32.2. The number of thioether (sulfide) groups is 1. The first-order valence-electron chi connectivity index (χ1n) is 6.62. The van der Waals surface area contributed by atoms with Gasteiger partial charge >= 0.3 is 0 Å². The van der Waals surface area contributed by atoms with Crippen LogP contribution in [0.4, 0.5) is 0 Å². The Balaban J connectivity index is 1.77. The van der Waals surface area contributed by atoms with Gasteiger partial charge in [-0.2, -0.15) is 0 Å². The van der Waals surface area contributed by atoms with Gasteiger partial charge in [-0.25, -0.2) is 0 Å². The van der Waals surface area contributed by atoms with Gasteiger partial charge < -0.3 is 9.73 Å². The van der Waals surface area contributed by atoms with Crippen LogP contribution in [0.2, 0.25) is 0 Å². The number of hydrogen-bond acceptors (Lipinski definition) is 3. The summed E-state index contributed by atoms with van der Waals surface area (Å²) in [6.45, 7) is 8.33. The van der Waals surface area contributed by atoms with Crippen molar-refractivity contribution in [2.24, 2.45) is 0 Å². The van der Waals surface area contributed by atoms with Gasteiger partial charge in [-0.05, 0) is 49.2 Å². The highest BCUT2D eigenvalue weighted by Gasteiger charge is 2.05. The summed E-state index contributed by atoms with van der Waals surface area (Å²) in [5, 5.41) is 3.96. The summed E-state index contributed by atoms with van der Waals surface area (Å²) < 4.78 is 5.29. The van der Waals surface area contributed by atoms with Crippen LogP contribution in [0, 0.1) is 13.8 Å². The first kappa shape index (κ1) is 14.2. The van der Waals surface area contributed by atoms with Gasteiger partial charge in [0.1, 0.15) is 5.76 Å². The molecule has 0 saturated carbocycles. The van der Waals surface area contributed by atoms with Crippen LogP contribution in [0.5, 0.6) is 0 Å². The van der Waals surface area contributed by atoms with Gasteiger partial charge in [0, 0.05) is 16.7 Å². The van der Waals surface area contributed by atoms with Crippen LogP contribution in [-0.2, 0) is 6.54 Å². The lowest BCUT2D eigenvalue weighted by Crippen LogP contribution is -2.21. The van der Waals surface area contributed by atoms with E-state index in [4.69, 9.17) is 4.42 Å². The summed E-state index contributed by atoms with van der Waals surface area (Å²) >= 11 is 1.91. The summed E-state index contributed by atoms with van der Waals surface area (Å²) in [6, 6.07) is 10.6. The van der Waals surface area contributed by atoms with E-state index < -0.39 is 0 Å². The van der Waals surface area contributed by atoms with Gasteiger partial charge in [0.15, 0.2) is 0 Å². The van der Waals surface area contributed by atoms with Crippen LogP contribution in [0.1, 0.15) is 23.8 Å². The second-order valence-corrected chi connectivity index (χ2v) is 6.40. The third kappa shape index (κ3) is 4.44. The van der Waals surface area contributed by atoms with E-state index in [0.717, 1.165) is 18.8 Å². The predicted molar refractivity (Wildman–Crippen MR) is 81.6 cm³/mol. The van der Waals surface area contributed by atoms with Crippen molar-refractivity contribution in [1.29, 1.82) is 0 Å². The quantitative estimate of drug-likeness (QED) is 0.801. The van der Waals surface area contributed by atoms with E-state index in [0.29, 0.717) is 5.25 Å². The van der Waals surface area contributed by atoms with Crippen LogP contribution in [0.3, 0.4) is 0 Å². The number of aryl methyl sites for hydroxylation is 2. The minimum Gasteiger partial charge on any atom is -0.468 e. The SMILES string of the molecule is Cc1ccc(SC(C)CNCc2ccco2)cc1C. The molecule has 0 aliphatic carbocycles. The molecule has 2 nitrogen and oxygen atoms in total. The van der Waals surface area contributed by atoms with Crippen molar-refractivity contribution in [3.8, 4) is 0 Å². The van der Waals surface area contributed by atoms with Crippen molar-refractivity contribution >= 4 is 11.8 Å². The summed E-state index contributed by atoms with van der Waals surface area (Å²) in [5.41, 5.74) is 2.72. The number of benzene rings is 1. The van der Waals surface area contributed by atoms with Crippen molar-refractivity contribution in [3.63, 3.8) is 0 Å². The fraction of sp³-hybridized carbons (Fsp3) is 0.375. The van der Waals surface area contributed by atoms with Gasteiger partial charge in [0.05, 0.1) is 12.8 Å². The fourth-order valence-electron chi connectivity index (χ4n) is 1.87. The lowest BCUT2D eigenvalue weighted by atomic mass is 10.1. The van der Waals surface area contributed by atoms with Crippen molar-refractivity contribution in [1.82, 2.24) is 5.32 Å². The molecule has 0 aliphatic heterocycles. The Bertz CT molecular complexity index is 507. The van der Waals surface area contributed by atoms with Crippen molar-refractivity contribution in [3.05, 3.63) is 53.5 Å². The maximum absolute atomic E-state index is 5.29. The molecule has 1 N–H and O–H groups in total. The molecule has 1 unspecified atom stereocenters. The molecule has 2 rings (SSSR count). The third-order valence-corrected chi connectivity index (χ3v) is 4.22. The molecule has 0 aliphatic rings. The molecule has 3 heteroatoms. The van der Waals surface area contributed by atoms with Gasteiger partial charge in [-0.3, -0.25) is 0 Å². The first-order chi connectivity index (χ1) is 9.15. The Labute approximate surface area is 119 Å². The molecule has 0 spiro atoms. The van der Waals surface area contributed by atoms with Gasteiger partial charge in [0.25, 0.3) is 0 Å². The molecule has 102 valence electrons. The van der Waals surface area contributed by atoms with E-state index in [9.17, 15) is 0 Å². The Morgan fingerprint density at radius 2 is 2.05 bits per heavy atom. The zero-order valence-corrected chi connectivity index (χ0v) is 12.6. The number of rotatable bonds is 6. The summed E-state index contributed by atoms with van der Waals surface area (Å²) in [5.74, 6) is 0.989. The Hall–Kier alpha value is -1.19. The molecule has 19 heavy (non-hydrogen) atoms. The predicted octanol–water partition coefficient (Wildman–Crippen LogP) is 4.17. The largest absolute Gasteiger partial charge is 0.468 e. The molecule has 0 amide bonds. The minimum atomic E-state index is 0.539. The zero-order chi connectivity index (χ0) is 13.7. The topological polar surface area (TPSA) is 25.2 Å². The van der Waals surface area contributed by atoms with E-state index in [1.807, 2.05) is 23.9 Å². The van der Waals surface area contributed by atoms with Crippen LogP contribution < -0.4 is 5.32 Å². The highest BCUT2D eigenvalue weighted by Crippen LogP contribution is 2.24. The van der Waals surface area contributed by atoms with Crippen LogP contribution in [0.15, 0.2) is 45.9 Å². The average molecular weight is 275 g/mol. The average Bonchev–Trinajstić information content (AvgIpc) is 2.87. The maximum Gasteiger partial charge on any atom is 0.117 e. The second kappa shape index (κ2) is 6.83. The van der Waals surface area contributed by atoms with Crippen molar-refractivity contribution in [2.75, 3.05) is 6.54 Å². The number of nitrogens with one attached hydrogen (secondary N) is 1. The van der Waals surface area contributed by atoms with E-state index in [1.165, 1.54) is 16.0 Å². The molecule has 1 aromatic carbocycles. The normalized spacial score (nSPS) is 12.6. The number of hydrogen-bond donors (Lipinski definition) is 1. The lowest BCUT2D eigenvalue weighted by Gasteiger charge is -2.12. The van der Waals surface area contributed by atoms with Crippen LogP contribution in [-0.4, -0.2) is 11.8 Å². The number of furan rings is 1. The van der Waals surface area contributed by atoms with Gasteiger partial charge in [-0.1, -0.05) is 13.0 Å². The zero-order valence-electron chi connectivity index (χ0n) is 11.8. The summed E-state index contributed by atoms with van der Waals surface area (Å²) in [6.07, 6.45) is 1.71. The molecular weight excluding hydrogens is 254 g/mol. The summed E-state index contributed by atoms with van der Waals surface area (Å²) in [7, 11) is 0. The lowest BCUT2D eigenvalue weighted by molar-refractivity contribution is 0.484. The smallest absolute Gasteiger partial charge is 0.117 e. The van der Waals surface area contributed by atoms with E-state index in [2.05, 4.69) is 44.3 Å². The maximum atomic E-state index is 5.29. The van der Waals surface area contributed by atoms with Gasteiger partial charge in [-0.15, -0.1) is 11.8 Å². The first-order valence-corrected chi connectivity index (χ1v) is 7.50. The van der Waals surface area contributed by atoms with Gasteiger partial charge in [0.2, 0.25) is 0 Å². The minimum absolute atomic E-state index is 0.539. The Kier molecular flexibility index (Phi) is 5.11. The highest BCUT2D eigenvalue weighted by molar-refractivity contribution is 8.00. The molecule has 1 aromatic heterocycles. The Morgan fingerprint density at radius 1 is 1.21 bits per heavy atom. The fourth-order valence-corrected chi connectivity index (χ4v) is 2.93. The van der Waals surface area contributed by atoms with E-state index in [-0.39, 0.29) is 0 Å². The monoisotopic (exact) mass is 275 g/mol. The molecule has 0 bridgehead atoms. The van der Waals surface area contributed by atoms with Crippen LogP contribution in [0.25, 0.3) is 0 Å². The van der Waals surface area contributed by atoms with E-state index >= 15 is 0 Å². The Morgan fingerprint density at radius 3 is 2.74 bits per heavy atom. The molecule has 0 saturated heterocycles. The molecule has 2 aromatic rings. The molecule has 0 fully saturated rings. The molecule has 1 heterocycles. The molecular formula is C16H21NOS.